The maximum atomic E-state index is 13.2. The third-order valence-corrected chi connectivity index (χ3v) is 8.14. The molecule has 0 spiro atoms. The molecular formula is C28H25N5OS2. The molecule has 0 bridgehead atoms. The molecule has 4 heterocycles. The summed E-state index contributed by atoms with van der Waals surface area (Å²) in [5.41, 5.74) is 6.12. The quantitative estimate of drug-likeness (QED) is 0.277. The molecule has 5 aromatic rings. The number of aryl methyl sites for hydroxylation is 1. The number of rotatable bonds is 6. The molecule has 1 amide bonds. The highest BCUT2D eigenvalue weighted by molar-refractivity contribution is 7.21. The molecule has 180 valence electrons. The topological polar surface area (TPSA) is 71.0 Å². The summed E-state index contributed by atoms with van der Waals surface area (Å²) in [5.74, 6) is -0.164. The van der Waals surface area contributed by atoms with E-state index < -0.39 is 0 Å². The van der Waals surface area contributed by atoms with E-state index in [0.29, 0.717) is 5.56 Å². The van der Waals surface area contributed by atoms with E-state index in [1.54, 1.807) is 22.7 Å². The molecule has 36 heavy (non-hydrogen) atoms. The zero-order valence-electron chi connectivity index (χ0n) is 19.9. The molecule has 0 radical (unpaired) electrons. The SMILES string of the molecule is Cc1nc(-c2cccc(C(=O)Nc3ccccc3-c3nc4cc(CN5CCCC5)cnc4s3)c2)cs1. The lowest BCUT2D eigenvalue weighted by atomic mass is 10.1. The molecule has 0 atom stereocenters. The first-order valence-corrected chi connectivity index (χ1v) is 13.7. The lowest BCUT2D eigenvalue weighted by Gasteiger charge is -2.13. The van der Waals surface area contributed by atoms with Gasteiger partial charge in [-0.05, 0) is 68.8 Å². The second kappa shape index (κ2) is 9.89. The summed E-state index contributed by atoms with van der Waals surface area (Å²) in [5, 5.41) is 6.96. The Bertz CT molecular complexity index is 1550. The van der Waals surface area contributed by atoms with E-state index in [1.165, 1.54) is 18.4 Å². The highest BCUT2D eigenvalue weighted by Gasteiger charge is 2.16. The summed E-state index contributed by atoms with van der Waals surface area (Å²) >= 11 is 3.15. The Balaban J connectivity index is 1.26. The molecule has 1 fully saturated rings. The number of fused-ring (bicyclic) bond motifs is 1. The second-order valence-corrected chi connectivity index (χ2v) is 11.0. The van der Waals surface area contributed by atoms with E-state index in [-0.39, 0.29) is 5.91 Å². The highest BCUT2D eigenvalue weighted by Crippen LogP contribution is 2.34. The predicted molar refractivity (Wildman–Crippen MR) is 148 cm³/mol. The Morgan fingerprint density at radius 2 is 1.92 bits per heavy atom. The van der Waals surface area contributed by atoms with E-state index in [2.05, 4.69) is 26.3 Å². The van der Waals surface area contributed by atoms with Crippen molar-refractivity contribution in [2.75, 3.05) is 18.4 Å². The molecule has 2 aromatic carbocycles. The molecule has 0 saturated carbocycles. The number of thiazole rings is 2. The van der Waals surface area contributed by atoms with Crippen molar-refractivity contribution in [3.8, 4) is 21.8 Å². The summed E-state index contributed by atoms with van der Waals surface area (Å²) in [4.78, 5) is 30.7. The minimum atomic E-state index is -0.164. The van der Waals surface area contributed by atoms with Crippen LogP contribution in [-0.4, -0.2) is 38.8 Å². The van der Waals surface area contributed by atoms with Crippen LogP contribution in [0.1, 0.15) is 33.8 Å². The number of carbonyl (C=O) groups excluding carboxylic acids is 1. The Kier molecular flexibility index (Phi) is 6.31. The normalized spacial score (nSPS) is 13.9. The van der Waals surface area contributed by atoms with Crippen LogP contribution in [-0.2, 0) is 6.54 Å². The van der Waals surface area contributed by atoms with Gasteiger partial charge in [-0.25, -0.2) is 15.0 Å². The lowest BCUT2D eigenvalue weighted by molar-refractivity contribution is 0.102. The van der Waals surface area contributed by atoms with Gasteiger partial charge >= 0.3 is 0 Å². The van der Waals surface area contributed by atoms with Gasteiger partial charge in [-0.1, -0.05) is 35.6 Å². The van der Waals surface area contributed by atoms with Crippen LogP contribution in [0.4, 0.5) is 5.69 Å². The predicted octanol–water partition coefficient (Wildman–Crippen LogP) is 6.64. The maximum absolute atomic E-state index is 13.2. The molecule has 6 rings (SSSR count). The van der Waals surface area contributed by atoms with Crippen molar-refractivity contribution in [1.29, 1.82) is 0 Å². The van der Waals surface area contributed by atoms with Crippen LogP contribution in [0, 0.1) is 6.92 Å². The summed E-state index contributed by atoms with van der Waals surface area (Å²) in [6.07, 6.45) is 4.51. The van der Waals surface area contributed by atoms with Crippen molar-refractivity contribution in [2.24, 2.45) is 0 Å². The van der Waals surface area contributed by atoms with Crippen LogP contribution in [0.5, 0.6) is 0 Å². The van der Waals surface area contributed by atoms with Crippen molar-refractivity contribution < 1.29 is 4.79 Å². The fourth-order valence-corrected chi connectivity index (χ4v) is 6.11. The summed E-state index contributed by atoms with van der Waals surface area (Å²) < 4.78 is 0. The van der Waals surface area contributed by atoms with Crippen molar-refractivity contribution in [2.45, 2.75) is 26.3 Å². The van der Waals surface area contributed by atoms with Crippen molar-refractivity contribution in [3.05, 3.63) is 82.3 Å². The first-order valence-electron chi connectivity index (χ1n) is 12.0. The van der Waals surface area contributed by atoms with Crippen LogP contribution >= 0.6 is 22.7 Å². The fourth-order valence-electron chi connectivity index (χ4n) is 4.55. The van der Waals surface area contributed by atoms with Gasteiger partial charge in [0.2, 0.25) is 0 Å². The monoisotopic (exact) mass is 511 g/mol. The van der Waals surface area contributed by atoms with Gasteiger partial charge < -0.3 is 5.32 Å². The number of nitrogens with one attached hydrogen (secondary N) is 1. The molecule has 0 unspecified atom stereocenters. The number of pyridine rings is 1. The highest BCUT2D eigenvalue weighted by atomic mass is 32.1. The molecule has 1 aliphatic heterocycles. The van der Waals surface area contributed by atoms with Gasteiger partial charge in [0.1, 0.15) is 15.4 Å². The van der Waals surface area contributed by atoms with Gasteiger partial charge in [0, 0.05) is 34.8 Å². The molecule has 6 nitrogen and oxygen atoms in total. The number of carbonyl (C=O) groups is 1. The van der Waals surface area contributed by atoms with Crippen molar-refractivity contribution >= 4 is 44.6 Å². The molecule has 3 aromatic heterocycles. The van der Waals surface area contributed by atoms with E-state index >= 15 is 0 Å². The van der Waals surface area contributed by atoms with E-state index in [0.717, 1.165) is 62.5 Å². The van der Waals surface area contributed by atoms with Crippen LogP contribution in [0.3, 0.4) is 0 Å². The number of aromatic nitrogens is 3. The Morgan fingerprint density at radius 1 is 1.06 bits per heavy atom. The van der Waals surface area contributed by atoms with Crippen molar-refractivity contribution in [3.63, 3.8) is 0 Å². The number of benzene rings is 2. The molecule has 1 saturated heterocycles. The zero-order valence-corrected chi connectivity index (χ0v) is 21.5. The number of likely N-dealkylation sites (tertiary alicyclic amines) is 1. The standard InChI is InChI=1S/C28H25N5OS2/c1-18-30-25(17-35-18)20-7-6-8-21(14-20)26(34)31-23-10-3-2-9-22(23)27-32-24-13-19(15-29-28(24)36-27)16-33-11-4-5-12-33/h2-3,6-10,13-15,17H,4-5,11-12,16H2,1H3,(H,31,34). The summed E-state index contributed by atoms with van der Waals surface area (Å²) in [7, 11) is 0. The van der Waals surface area contributed by atoms with E-state index in [4.69, 9.17) is 4.98 Å². The van der Waals surface area contributed by atoms with Crippen molar-refractivity contribution in [1.82, 2.24) is 19.9 Å². The van der Waals surface area contributed by atoms with Crippen LogP contribution in [0.2, 0.25) is 0 Å². The summed E-state index contributed by atoms with van der Waals surface area (Å²) in [6.45, 7) is 5.20. The first kappa shape index (κ1) is 23.0. The number of nitrogens with zero attached hydrogens (tertiary/aromatic N) is 4. The smallest absolute Gasteiger partial charge is 0.255 e. The minimum Gasteiger partial charge on any atom is -0.321 e. The molecule has 1 N–H and O–H groups in total. The van der Waals surface area contributed by atoms with Gasteiger partial charge in [-0.2, -0.15) is 0 Å². The largest absolute Gasteiger partial charge is 0.321 e. The number of para-hydroxylation sites is 1. The van der Waals surface area contributed by atoms with Crippen LogP contribution in [0.25, 0.3) is 32.2 Å². The van der Waals surface area contributed by atoms with Gasteiger partial charge in [-0.3, -0.25) is 9.69 Å². The lowest BCUT2D eigenvalue weighted by Crippen LogP contribution is -2.18. The third kappa shape index (κ3) is 4.80. The Hall–Kier alpha value is -3.46. The minimum absolute atomic E-state index is 0.164. The fraction of sp³-hybridized carbons (Fsp3) is 0.214. The average Bonchev–Trinajstić information content (AvgIpc) is 3.65. The second-order valence-electron chi connectivity index (χ2n) is 9.00. The Labute approximate surface area is 217 Å². The first-order chi connectivity index (χ1) is 17.6. The number of hydrogen-bond donors (Lipinski definition) is 1. The van der Waals surface area contributed by atoms with Gasteiger partial charge in [0.25, 0.3) is 5.91 Å². The van der Waals surface area contributed by atoms with Crippen LogP contribution in [0.15, 0.2) is 66.2 Å². The maximum Gasteiger partial charge on any atom is 0.255 e. The number of anilines is 1. The molecule has 0 aliphatic carbocycles. The molecule has 1 aliphatic rings. The van der Waals surface area contributed by atoms with Gasteiger partial charge in [0.05, 0.1) is 16.4 Å². The number of hydrogen-bond acceptors (Lipinski definition) is 7. The Morgan fingerprint density at radius 3 is 2.75 bits per heavy atom. The third-order valence-electron chi connectivity index (χ3n) is 6.35. The van der Waals surface area contributed by atoms with Gasteiger partial charge in [-0.15, -0.1) is 11.3 Å². The molecule has 8 heteroatoms. The molecular weight excluding hydrogens is 486 g/mol. The summed E-state index contributed by atoms with van der Waals surface area (Å²) in [6, 6.07) is 17.5. The number of amides is 1. The average molecular weight is 512 g/mol. The van der Waals surface area contributed by atoms with E-state index in [9.17, 15) is 4.79 Å². The zero-order chi connectivity index (χ0) is 24.5. The van der Waals surface area contributed by atoms with Gasteiger partial charge in [0.15, 0.2) is 0 Å². The van der Waals surface area contributed by atoms with Crippen LogP contribution < -0.4 is 5.32 Å². The van der Waals surface area contributed by atoms with E-state index in [1.807, 2.05) is 67.0 Å².